The third-order valence-electron chi connectivity index (χ3n) is 3.35. The first-order valence-electron chi connectivity index (χ1n) is 6.34. The van der Waals surface area contributed by atoms with Crippen molar-refractivity contribution in [2.45, 2.75) is 13.5 Å². The van der Waals surface area contributed by atoms with Gasteiger partial charge in [0.25, 0.3) is 0 Å². The number of carbonyl (C=O) groups is 1. The summed E-state index contributed by atoms with van der Waals surface area (Å²) >= 11 is 5.90. The minimum Gasteiger partial charge on any atom is -0.324 e. The lowest BCUT2D eigenvalue weighted by Crippen LogP contribution is -2.01. The summed E-state index contributed by atoms with van der Waals surface area (Å²) in [6, 6.07) is 13.4. The van der Waals surface area contributed by atoms with Gasteiger partial charge < -0.3 is 4.57 Å². The van der Waals surface area contributed by atoms with Crippen LogP contribution in [0.25, 0.3) is 11.0 Å². The van der Waals surface area contributed by atoms with Crippen LogP contribution in [0.1, 0.15) is 21.7 Å². The highest BCUT2D eigenvalue weighted by Gasteiger charge is 2.08. The van der Waals surface area contributed by atoms with Crippen LogP contribution < -0.4 is 0 Å². The fourth-order valence-electron chi connectivity index (χ4n) is 2.31. The smallest absolute Gasteiger partial charge is 0.150 e. The van der Waals surface area contributed by atoms with E-state index in [2.05, 4.69) is 9.55 Å². The van der Waals surface area contributed by atoms with E-state index in [1.54, 1.807) is 0 Å². The standard InChI is InChI=1S/C16H13ClN2O/c1-11-18-15-8-13(10-20)4-7-16(15)19(11)9-12-2-5-14(17)6-3-12/h2-8,10H,9H2,1H3. The van der Waals surface area contributed by atoms with E-state index >= 15 is 0 Å². The van der Waals surface area contributed by atoms with E-state index in [-0.39, 0.29) is 0 Å². The van der Waals surface area contributed by atoms with E-state index in [9.17, 15) is 4.79 Å². The molecule has 0 atom stereocenters. The molecule has 20 heavy (non-hydrogen) atoms. The molecule has 0 saturated heterocycles. The first-order chi connectivity index (χ1) is 9.67. The minimum absolute atomic E-state index is 0.647. The van der Waals surface area contributed by atoms with Crippen molar-refractivity contribution in [1.82, 2.24) is 9.55 Å². The third-order valence-corrected chi connectivity index (χ3v) is 3.61. The van der Waals surface area contributed by atoms with Gasteiger partial charge in [0.2, 0.25) is 0 Å². The van der Waals surface area contributed by atoms with Gasteiger partial charge in [0, 0.05) is 17.1 Å². The summed E-state index contributed by atoms with van der Waals surface area (Å²) in [4.78, 5) is 15.3. The van der Waals surface area contributed by atoms with E-state index in [1.165, 1.54) is 0 Å². The van der Waals surface area contributed by atoms with Crippen molar-refractivity contribution >= 4 is 28.9 Å². The van der Waals surface area contributed by atoms with Gasteiger partial charge in [-0.05, 0) is 42.8 Å². The number of rotatable bonds is 3. The summed E-state index contributed by atoms with van der Waals surface area (Å²) in [5, 5.41) is 0.733. The summed E-state index contributed by atoms with van der Waals surface area (Å²) in [5.41, 5.74) is 3.69. The molecule has 4 heteroatoms. The highest BCUT2D eigenvalue weighted by Crippen LogP contribution is 2.19. The normalized spacial score (nSPS) is 10.9. The Hall–Kier alpha value is -2.13. The fourth-order valence-corrected chi connectivity index (χ4v) is 2.44. The zero-order valence-corrected chi connectivity index (χ0v) is 11.8. The molecule has 0 unspecified atom stereocenters. The number of imidazole rings is 1. The van der Waals surface area contributed by atoms with Crippen LogP contribution in [-0.4, -0.2) is 15.8 Å². The van der Waals surface area contributed by atoms with Gasteiger partial charge in [0.1, 0.15) is 12.1 Å². The van der Waals surface area contributed by atoms with Crippen LogP contribution in [0.15, 0.2) is 42.5 Å². The average molecular weight is 285 g/mol. The second-order valence-corrected chi connectivity index (χ2v) is 5.17. The molecular weight excluding hydrogens is 272 g/mol. The van der Waals surface area contributed by atoms with Crippen LogP contribution in [-0.2, 0) is 6.54 Å². The maximum Gasteiger partial charge on any atom is 0.150 e. The maximum absolute atomic E-state index is 10.8. The summed E-state index contributed by atoms with van der Waals surface area (Å²) in [5.74, 6) is 0.929. The number of halogens is 1. The monoisotopic (exact) mass is 284 g/mol. The molecule has 3 aromatic rings. The lowest BCUT2D eigenvalue weighted by molar-refractivity contribution is 0.112. The summed E-state index contributed by atoms with van der Waals surface area (Å²) in [6.07, 6.45) is 0.840. The molecule has 3 nitrogen and oxygen atoms in total. The number of carbonyl (C=O) groups excluding carboxylic acids is 1. The van der Waals surface area contributed by atoms with Crippen LogP contribution in [0.3, 0.4) is 0 Å². The van der Waals surface area contributed by atoms with Crippen molar-refractivity contribution in [1.29, 1.82) is 0 Å². The first kappa shape index (κ1) is 12.9. The van der Waals surface area contributed by atoms with Crippen LogP contribution >= 0.6 is 11.6 Å². The molecule has 0 amide bonds. The molecular formula is C16H13ClN2O. The number of hydrogen-bond acceptors (Lipinski definition) is 2. The lowest BCUT2D eigenvalue weighted by Gasteiger charge is -2.07. The van der Waals surface area contributed by atoms with Crippen LogP contribution in [0.2, 0.25) is 5.02 Å². The van der Waals surface area contributed by atoms with Crippen molar-refractivity contribution in [3.63, 3.8) is 0 Å². The molecule has 0 bridgehead atoms. The van der Waals surface area contributed by atoms with Gasteiger partial charge in [-0.15, -0.1) is 0 Å². The second kappa shape index (κ2) is 5.10. The Balaban J connectivity index is 2.04. The van der Waals surface area contributed by atoms with E-state index in [1.807, 2.05) is 49.4 Å². The molecule has 0 aliphatic rings. The van der Waals surface area contributed by atoms with Crippen molar-refractivity contribution in [3.05, 3.63) is 64.4 Å². The van der Waals surface area contributed by atoms with Gasteiger partial charge in [-0.2, -0.15) is 0 Å². The molecule has 0 N–H and O–H groups in total. The number of fused-ring (bicyclic) bond motifs is 1. The zero-order chi connectivity index (χ0) is 14.1. The number of nitrogens with zero attached hydrogens (tertiary/aromatic N) is 2. The van der Waals surface area contributed by atoms with Crippen LogP contribution in [0.4, 0.5) is 0 Å². The Morgan fingerprint density at radius 3 is 2.65 bits per heavy atom. The average Bonchev–Trinajstić information content (AvgIpc) is 2.76. The van der Waals surface area contributed by atoms with Crippen LogP contribution in [0, 0.1) is 6.92 Å². The molecule has 0 saturated carbocycles. The Morgan fingerprint density at radius 2 is 1.95 bits per heavy atom. The van der Waals surface area contributed by atoms with Crippen molar-refractivity contribution in [2.75, 3.05) is 0 Å². The van der Waals surface area contributed by atoms with Gasteiger partial charge in [0.05, 0.1) is 11.0 Å². The zero-order valence-electron chi connectivity index (χ0n) is 11.0. The quantitative estimate of drug-likeness (QED) is 0.685. The Labute approximate surface area is 121 Å². The van der Waals surface area contributed by atoms with E-state index < -0.39 is 0 Å². The molecule has 1 heterocycles. The lowest BCUT2D eigenvalue weighted by atomic mass is 10.2. The Kier molecular flexibility index (Phi) is 3.28. The van der Waals surface area contributed by atoms with Gasteiger partial charge in [-0.1, -0.05) is 23.7 Å². The predicted molar refractivity (Wildman–Crippen MR) is 80.4 cm³/mol. The van der Waals surface area contributed by atoms with Crippen molar-refractivity contribution < 1.29 is 4.79 Å². The summed E-state index contributed by atoms with van der Waals surface area (Å²) in [7, 11) is 0. The Morgan fingerprint density at radius 1 is 1.20 bits per heavy atom. The molecule has 0 fully saturated rings. The number of hydrogen-bond donors (Lipinski definition) is 0. The summed E-state index contributed by atoms with van der Waals surface area (Å²) in [6.45, 7) is 2.70. The molecule has 3 rings (SSSR count). The fraction of sp³-hybridized carbons (Fsp3) is 0.125. The van der Waals surface area contributed by atoms with Crippen molar-refractivity contribution in [2.24, 2.45) is 0 Å². The molecule has 0 aliphatic heterocycles. The van der Waals surface area contributed by atoms with E-state index in [0.717, 1.165) is 40.3 Å². The Bertz CT molecular complexity index is 775. The van der Waals surface area contributed by atoms with Gasteiger partial charge >= 0.3 is 0 Å². The second-order valence-electron chi connectivity index (χ2n) is 4.74. The van der Waals surface area contributed by atoms with Gasteiger partial charge in [-0.3, -0.25) is 4.79 Å². The SMILES string of the molecule is Cc1nc2cc(C=O)ccc2n1Cc1ccc(Cl)cc1. The number of aryl methyl sites for hydroxylation is 1. The molecule has 0 spiro atoms. The highest BCUT2D eigenvalue weighted by atomic mass is 35.5. The molecule has 1 aromatic heterocycles. The molecule has 0 radical (unpaired) electrons. The largest absolute Gasteiger partial charge is 0.324 e. The third kappa shape index (κ3) is 2.32. The summed E-state index contributed by atoms with van der Waals surface area (Å²) < 4.78 is 2.13. The minimum atomic E-state index is 0.647. The maximum atomic E-state index is 10.8. The highest BCUT2D eigenvalue weighted by molar-refractivity contribution is 6.30. The van der Waals surface area contributed by atoms with E-state index in [4.69, 9.17) is 11.6 Å². The number of aromatic nitrogens is 2. The number of benzene rings is 2. The van der Waals surface area contributed by atoms with Gasteiger partial charge in [-0.25, -0.2) is 4.98 Å². The molecule has 0 aliphatic carbocycles. The molecule has 100 valence electrons. The topological polar surface area (TPSA) is 34.9 Å². The van der Waals surface area contributed by atoms with Crippen molar-refractivity contribution in [3.8, 4) is 0 Å². The van der Waals surface area contributed by atoms with E-state index in [0.29, 0.717) is 5.56 Å². The first-order valence-corrected chi connectivity index (χ1v) is 6.71. The van der Waals surface area contributed by atoms with Crippen LogP contribution in [0.5, 0.6) is 0 Å². The predicted octanol–water partition coefficient (Wildman–Crippen LogP) is 3.86. The van der Waals surface area contributed by atoms with Gasteiger partial charge in [0.15, 0.2) is 0 Å². The number of aldehydes is 1. The molecule has 2 aromatic carbocycles.